The van der Waals surface area contributed by atoms with Crippen molar-refractivity contribution in [2.75, 3.05) is 6.54 Å². The van der Waals surface area contributed by atoms with E-state index < -0.39 is 0 Å². The highest BCUT2D eigenvalue weighted by Crippen LogP contribution is 1.97. The van der Waals surface area contributed by atoms with E-state index in [0.29, 0.717) is 13.0 Å². The Morgan fingerprint density at radius 2 is 2.27 bits per heavy atom. The van der Waals surface area contributed by atoms with Crippen LogP contribution in [0.3, 0.4) is 0 Å². The van der Waals surface area contributed by atoms with Crippen LogP contribution in [0.15, 0.2) is 0 Å². The first-order valence-corrected chi connectivity index (χ1v) is 4.51. The molecule has 0 bridgehead atoms. The van der Waals surface area contributed by atoms with Gasteiger partial charge in [-0.15, -0.1) is 11.6 Å². The molecule has 1 amide bonds. The third kappa shape index (κ3) is 7.66. The second-order valence-electron chi connectivity index (χ2n) is 2.67. The van der Waals surface area contributed by atoms with Crippen molar-refractivity contribution in [2.45, 2.75) is 38.5 Å². The third-order valence-electron chi connectivity index (χ3n) is 1.34. The summed E-state index contributed by atoms with van der Waals surface area (Å²) in [6, 6.07) is 0. The smallest absolute Gasteiger partial charge is 0.219 e. The van der Waals surface area contributed by atoms with Gasteiger partial charge in [0.05, 0.1) is 0 Å². The Morgan fingerprint density at radius 3 is 2.73 bits per heavy atom. The molecule has 11 heavy (non-hydrogen) atoms. The highest BCUT2D eigenvalue weighted by Gasteiger charge is 1.99. The molecular weight excluding hydrogens is 162 g/mol. The van der Waals surface area contributed by atoms with Gasteiger partial charge in [-0.2, -0.15) is 0 Å². The molecule has 3 heteroatoms. The maximum Gasteiger partial charge on any atom is 0.219 e. The Kier molecular flexibility index (Phi) is 6.33. The standard InChI is InChI=1S/C8H16ClNO/c1-3-4-8(11)10-6-5-7(2)9/h7H,3-6H2,1-2H3,(H,10,11). The molecule has 0 aromatic carbocycles. The highest BCUT2D eigenvalue weighted by atomic mass is 35.5. The predicted octanol–water partition coefficient (Wildman–Crippen LogP) is 1.92. The van der Waals surface area contributed by atoms with E-state index in [1.807, 2.05) is 13.8 Å². The molecule has 1 unspecified atom stereocenters. The lowest BCUT2D eigenvalue weighted by Gasteiger charge is -2.04. The SMILES string of the molecule is CCCC(=O)NCCC(C)Cl. The van der Waals surface area contributed by atoms with Gasteiger partial charge in [-0.3, -0.25) is 4.79 Å². The quantitative estimate of drug-likeness (QED) is 0.639. The van der Waals surface area contributed by atoms with Crippen LogP contribution in [0.2, 0.25) is 0 Å². The number of amides is 1. The molecule has 0 aliphatic heterocycles. The fraction of sp³-hybridized carbons (Fsp3) is 0.875. The molecule has 0 aliphatic carbocycles. The van der Waals surface area contributed by atoms with Crippen molar-refractivity contribution in [3.8, 4) is 0 Å². The summed E-state index contributed by atoms with van der Waals surface area (Å²) in [6.07, 6.45) is 2.37. The minimum Gasteiger partial charge on any atom is -0.356 e. The second kappa shape index (κ2) is 6.47. The summed E-state index contributed by atoms with van der Waals surface area (Å²) < 4.78 is 0. The molecule has 0 spiro atoms. The first-order valence-electron chi connectivity index (χ1n) is 4.07. The molecule has 1 N–H and O–H groups in total. The van der Waals surface area contributed by atoms with Crippen LogP contribution in [0, 0.1) is 0 Å². The van der Waals surface area contributed by atoms with E-state index in [2.05, 4.69) is 5.32 Å². The van der Waals surface area contributed by atoms with Crippen molar-refractivity contribution in [2.24, 2.45) is 0 Å². The summed E-state index contributed by atoms with van der Waals surface area (Å²) >= 11 is 5.69. The molecule has 0 aliphatic rings. The summed E-state index contributed by atoms with van der Waals surface area (Å²) in [4.78, 5) is 10.9. The van der Waals surface area contributed by atoms with Crippen LogP contribution in [0.1, 0.15) is 33.1 Å². The molecule has 0 aromatic rings. The minimum absolute atomic E-state index is 0.129. The van der Waals surface area contributed by atoms with E-state index >= 15 is 0 Å². The zero-order valence-electron chi connectivity index (χ0n) is 7.19. The number of carbonyl (C=O) groups is 1. The molecule has 0 heterocycles. The van der Waals surface area contributed by atoms with Crippen molar-refractivity contribution in [1.29, 1.82) is 0 Å². The Labute approximate surface area is 73.3 Å². The Balaban J connectivity index is 3.17. The van der Waals surface area contributed by atoms with E-state index in [0.717, 1.165) is 12.8 Å². The first kappa shape index (κ1) is 10.8. The lowest BCUT2D eigenvalue weighted by atomic mass is 10.3. The summed E-state index contributed by atoms with van der Waals surface area (Å²) in [5.74, 6) is 0.129. The van der Waals surface area contributed by atoms with Gasteiger partial charge in [0, 0.05) is 18.3 Å². The Hall–Kier alpha value is -0.240. The fourth-order valence-corrected chi connectivity index (χ4v) is 0.835. The van der Waals surface area contributed by atoms with Gasteiger partial charge in [0.2, 0.25) is 5.91 Å². The first-order chi connectivity index (χ1) is 5.16. The van der Waals surface area contributed by atoms with Gasteiger partial charge in [-0.05, 0) is 19.8 Å². The minimum atomic E-state index is 0.129. The van der Waals surface area contributed by atoms with Gasteiger partial charge in [-0.1, -0.05) is 6.92 Å². The second-order valence-corrected chi connectivity index (χ2v) is 3.41. The van der Waals surface area contributed by atoms with Crippen LogP contribution in [-0.4, -0.2) is 17.8 Å². The van der Waals surface area contributed by atoms with Crippen molar-refractivity contribution in [3.63, 3.8) is 0 Å². The maximum absolute atomic E-state index is 10.9. The van der Waals surface area contributed by atoms with Crippen LogP contribution in [-0.2, 0) is 4.79 Å². The molecule has 66 valence electrons. The summed E-state index contributed by atoms with van der Waals surface area (Å²) in [7, 11) is 0. The maximum atomic E-state index is 10.9. The van der Waals surface area contributed by atoms with Gasteiger partial charge >= 0.3 is 0 Å². The van der Waals surface area contributed by atoms with Crippen molar-refractivity contribution in [1.82, 2.24) is 5.32 Å². The molecule has 0 saturated heterocycles. The fourth-order valence-electron chi connectivity index (χ4n) is 0.726. The molecular formula is C8H16ClNO. The van der Waals surface area contributed by atoms with Crippen LogP contribution >= 0.6 is 11.6 Å². The van der Waals surface area contributed by atoms with Gasteiger partial charge < -0.3 is 5.32 Å². The molecule has 1 atom stereocenters. The largest absolute Gasteiger partial charge is 0.356 e. The Morgan fingerprint density at radius 1 is 1.64 bits per heavy atom. The van der Waals surface area contributed by atoms with E-state index in [-0.39, 0.29) is 11.3 Å². The monoisotopic (exact) mass is 177 g/mol. The number of alkyl halides is 1. The lowest BCUT2D eigenvalue weighted by molar-refractivity contribution is -0.121. The number of carbonyl (C=O) groups excluding carboxylic acids is 1. The number of hydrogen-bond donors (Lipinski definition) is 1. The third-order valence-corrected chi connectivity index (χ3v) is 1.56. The van der Waals surface area contributed by atoms with Crippen LogP contribution in [0.5, 0.6) is 0 Å². The van der Waals surface area contributed by atoms with Crippen LogP contribution < -0.4 is 5.32 Å². The van der Waals surface area contributed by atoms with E-state index in [1.165, 1.54) is 0 Å². The predicted molar refractivity (Wildman–Crippen MR) is 47.8 cm³/mol. The molecule has 0 fully saturated rings. The van der Waals surface area contributed by atoms with Crippen LogP contribution in [0.25, 0.3) is 0 Å². The topological polar surface area (TPSA) is 29.1 Å². The van der Waals surface area contributed by atoms with Crippen molar-refractivity contribution < 1.29 is 4.79 Å². The number of halogens is 1. The average Bonchev–Trinajstić information content (AvgIpc) is 1.87. The normalized spacial score (nSPS) is 12.6. The highest BCUT2D eigenvalue weighted by molar-refractivity contribution is 6.20. The van der Waals surface area contributed by atoms with Gasteiger partial charge in [-0.25, -0.2) is 0 Å². The molecule has 0 aromatic heterocycles. The van der Waals surface area contributed by atoms with Gasteiger partial charge in [0.15, 0.2) is 0 Å². The number of nitrogens with one attached hydrogen (secondary N) is 1. The molecule has 0 radical (unpaired) electrons. The van der Waals surface area contributed by atoms with Crippen molar-refractivity contribution >= 4 is 17.5 Å². The van der Waals surface area contributed by atoms with Gasteiger partial charge in [0.1, 0.15) is 0 Å². The number of hydrogen-bond acceptors (Lipinski definition) is 1. The summed E-state index contributed by atoms with van der Waals surface area (Å²) in [6.45, 7) is 4.61. The van der Waals surface area contributed by atoms with E-state index in [1.54, 1.807) is 0 Å². The summed E-state index contributed by atoms with van der Waals surface area (Å²) in [5, 5.41) is 2.94. The molecule has 0 rings (SSSR count). The van der Waals surface area contributed by atoms with E-state index in [9.17, 15) is 4.79 Å². The van der Waals surface area contributed by atoms with Gasteiger partial charge in [0.25, 0.3) is 0 Å². The average molecular weight is 178 g/mol. The number of rotatable bonds is 5. The van der Waals surface area contributed by atoms with Crippen molar-refractivity contribution in [3.05, 3.63) is 0 Å². The lowest BCUT2D eigenvalue weighted by Crippen LogP contribution is -2.25. The molecule has 2 nitrogen and oxygen atoms in total. The summed E-state index contributed by atoms with van der Waals surface area (Å²) in [5.41, 5.74) is 0. The zero-order chi connectivity index (χ0) is 8.69. The molecule has 0 saturated carbocycles. The Bertz CT molecular complexity index is 115. The van der Waals surface area contributed by atoms with Crippen LogP contribution in [0.4, 0.5) is 0 Å². The zero-order valence-corrected chi connectivity index (χ0v) is 7.95. The van der Waals surface area contributed by atoms with E-state index in [4.69, 9.17) is 11.6 Å².